The van der Waals surface area contributed by atoms with E-state index in [0.29, 0.717) is 11.8 Å². The molecule has 0 bridgehead atoms. The molecule has 0 saturated heterocycles. The fraction of sp³-hybridized carbons (Fsp3) is 0.750. The second-order valence-corrected chi connectivity index (χ2v) is 6.59. The standard InChI is InChI=1S/C16H22O4/c17-15(18)13-9-5-3-1-2-4-6-10-12(8-7-11(9)13)14(10)16(19)20/h1-2,9-14H,3-8H2,(H,17,18)(H,19,20)/b2-1+/t9-,10-,11+,12+,13-,14+/m0/s1. The largest absolute Gasteiger partial charge is 0.481 e. The van der Waals surface area contributed by atoms with Crippen LogP contribution in [0.15, 0.2) is 12.2 Å². The Kier molecular flexibility index (Phi) is 3.57. The van der Waals surface area contributed by atoms with Gasteiger partial charge < -0.3 is 10.2 Å². The first-order valence-electron chi connectivity index (χ1n) is 7.72. The molecule has 2 N–H and O–H groups in total. The Morgan fingerprint density at radius 1 is 0.700 bits per heavy atom. The Hall–Kier alpha value is -1.32. The Morgan fingerprint density at radius 3 is 1.40 bits per heavy atom. The molecule has 6 atom stereocenters. The van der Waals surface area contributed by atoms with Crippen molar-refractivity contribution in [3.63, 3.8) is 0 Å². The van der Waals surface area contributed by atoms with Gasteiger partial charge in [0, 0.05) is 0 Å². The summed E-state index contributed by atoms with van der Waals surface area (Å²) in [6.45, 7) is 0. The van der Waals surface area contributed by atoms with Crippen LogP contribution in [0.1, 0.15) is 38.5 Å². The van der Waals surface area contributed by atoms with Crippen LogP contribution in [0.25, 0.3) is 0 Å². The van der Waals surface area contributed by atoms with Crippen LogP contribution in [0.5, 0.6) is 0 Å². The molecule has 2 fully saturated rings. The molecule has 3 aliphatic rings. The van der Waals surface area contributed by atoms with Crippen molar-refractivity contribution in [3.05, 3.63) is 12.2 Å². The molecule has 0 aromatic carbocycles. The summed E-state index contributed by atoms with van der Waals surface area (Å²) >= 11 is 0. The molecular formula is C16H22O4. The lowest BCUT2D eigenvalue weighted by molar-refractivity contribution is -0.140. The minimum absolute atomic E-state index is 0.176. The Bertz CT molecular complexity index is 402. The predicted molar refractivity (Wildman–Crippen MR) is 73.1 cm³/mol. The van der Waals surface area contributed by atoms with E-state index in [2.05, 4.69) is 12.2 Å². The van der Waals surface area contributed by atoms with E-state index in [9.17, 15) is 19.8 Å². The molecule has 3 rings (SSSR count). The smallest absolute Gasteiger partial charge is 0.307 e. The highest BCUT2D eigenvalue weighted by atomic mass is 16.4. The number of hydrogen-bond donors (Lipinski definition) is 2. The second kappa shape index (κ2) is 5.23. The van der Waals surface area contributed by atoms with E-state index in [1.54, 1.807) is 0 Å². The first-order valence-corrected chi connectivity index (χ1v) is 7.72. The second-order valence-electron chi connectivity index (χ2n) is 6.59. The zero-order valence-electron chi connectivity index (χ0n) is 11.6. The number of carboxylic acid groups (broad SMARTS) is 2. The molecule has 0 aromatic rings. The van der Waals surface area contributed by atoms with E-state index in [0.717, 1.165) is 38.5 Å². The van der Waals surface area contributed by atoms with Gasteiger partial charge in [0.2, 0.25) is 0 Å². The van der Waals surface area contributed by atoms with E-state index in [-0.39, 0.29) is 23.7 Å². The lowest BCUT2D eigenvalue weighted by atomic mass is 10.0. The summed E-state index contributed by atoms with van der Waals surface area (Å²) < 4.78 is 0. The van der Waals surface area contributed by atoms with Gasteiger partial charge in [0.1, 0.15) is 0 Å². The molecular weight excluding hydrogens is 256 g/mol. The SMILES string of the molecule is O=C(O)[C@@H]1[C@@H]2CC[C@@H]3[C@H](CC/C=C/CC[C@@H]21)[C@H]3C(=O)O. The molecule has 0 aliphatic heterocycles. The highest BCUT2D eigenvalue weighted by Gasteiger charge is 2.57. The van der Waals surface area contributed by atoms with Crippen molar-refractivity contribution in [2.45, 2.75) is 38.5 Å². The summed E-state index contributed by atoms with van der Waals surface area (Å²) in [7, 11) is 0. The van der Waals surface area contributed by atoms with Crippen LogP contribution < -0.4 is 0 Å². The van der Waals surface area contributed by atoms with Crippen LogP contribution in [-0.2, 0) is 9.59 Å². The summed E-state index contributed by atoms with van der Waals surface area (Å²) in [6.07, 6.45) is 9.94. The van der Waals surface area contributed by atoms with Gasteiger partial charge in [0.15, 0.2) is 0 Å². The number of fused-ring (bicyclic) bond motifs is 2. The van der Waals surface area contributed by atoms with E-state index >= 15 is 0 Å². The van der Waals surface area contributed by atoms with E-state index in [1.807, 2.05) is 0 Å². The molecule has 3 aliphatic carbocycles. The lowest BCUT2D eigenvalue weighted by Crippen LogP contribution is -2.02. The zero-order valence-corrected chi connectivity index (χ0v) is 11.6. The first-order chi connectivity index (χ1) is 9.61. The number of hydrogen-bond acceptors (Lipinski definition) is 2. The van der Waals surface area contributed by atoms with Crippen molar-refractivity contribution in [1.29, 1.82) is 0 Å². The highest BCUT2D eigenvalue weighted by Crippen LogP contribution is 2.57. The van der Waals surface area contributed by atoms with Gasteiger partial charge in [-0.1, -0.05) is 12.2 Å². The predicted octanol–water partition coefficient (Wildman–Crippen LogP) is 2.79. The normalized spacial score (nSPS) is 45.0. The third kappa shape index (κ3) is 2.48. The fourth-order valence-corrected chi connectivity index (χ4v) is 4.40. The topological polar surface area (TPSA) is 74.6 Å². The monoisotopic (exact) mass is 278 g/mol. The van der Waals surface area contributed by atoms with Gasteiger partial charge in [-0.05, 0) is 62.2 Å². The fourth-order valence-electron chi connectivity index (χ4n) is 4.40. The van der Waals surface area contributed by atoms with Crippen molar-refractivity contribution in [2.24, 2.45) is 35.5 Å². The number of allylic oxidation sites excluding steroid dienone is 2. The maximum absolute atomic E-state index is 11.2. The Morgan fingerprint density at radius 2 is 1.05 bits per heavy atom. The zero-order chi connectivity index (χ0) is 14.3. The number of aliphatic carboxylic acids is 2. The quantitative estimate of drug-likeness (QED) is 0.762. The summed E-state index contributed by atoms with van der Waals surface area (Å²) in [5, 5.41) is 18.4. The first kappa shape index (κ1) is 13.7. The van der Waals surface area contributed by atoms with Crippen LogP contribution in [0.2, 0.25) is 0 Å². The highest BCUT2D eigenvalue weighted by molar-refractivity contribution is 5.75. The number of carbonyl (C=O) groups is 2. The third-order valence-electron chi connectivity index (χ3n) is 5.57. The summed E-state index contributed by atoms with van der Waals surface area (Å²) in [5.74, 6) is -0.475. The van der Waals surface area contributed by atoms with E-state index in [1.165, 1.54) is 0 Å². The van der Waals surface area contributed by atoms with Crippen molar-refractivity contribution in [2.75, 3.05) is 0 Å². The summed E-state index contributed by atoms with van der Waals surface area (Å²) in [6, 6.07) is 0. The molecule has 0 unspecified atom stereocenters. The van der Waals surface area contributed by atoms with Gasteiger partial charge >= 0.3 is 11.9 Å². The minimum atomic E-state index is -0.666. The molecule has 0 heterocycles. The molecule has 4 nitrogen and oxygen atoms in total. The maximum atomic E-state index is 11.2. The minimum Gasteiger partial charge on any atom is -0.481 e. The van der Waals surface area contributed by atoms with Crippen LogP contribution in [0, 0.1) is 35.5 Å². The molecule has 0 spiro atoms. The van der Waals surface area contributed by atoms with E-state index < -0.39 is 11.9 Å². The van der Waals surface area contributed by atoms with Crippen LogP contribution in [0.4, 0.5) is 0 Å². The maximum Gasteiger partial charge on any atom is 0.307 e. The van der Waals surface area contributed by atoms with Gasteiger partial charge in [-0.15, -0.1) is 0 Å². The average Bonchev–Trinajstić information content (AvgIpc) is 3.22. The van der Waals surface area contributed by atoms with Gasteiger partial charge in [-0.25, -0.2) is 0 Å². The van der Waals surface area contributed by atoms with E-state index in [4.69, 9.17) is 0 Å². The summed E-state index contributed by atoms with van der Waals surface area (Å²) in [4.78, 5) is 22.4. The number of rotatable bonds is 2. The van der Waals surface area contributed by atoms with Crippen molar-refractivity contribution >= 4 is 11.9 Å². The van der Waals surface area contributed by atoms with Gasteiger partial charge in [0.25, 0.3) is 0 Å². The van der Waals surface area contributed by atoms with Crippen LogP contribution in [0.3, 0.4) is 0 Å². The number of carboxylic acids is 2. The Balaban J connectivity index is 1.65. The van der Waals surface area contributed by atoms with Gasteiger partial charge in [0.05, 0.1) is 11.8 Å². The molecule has 0 radical (unpaired) electrons. The van der Waals surface area contributed by atoms with Crippen LogP contribution in [-0.4, -0.2) is 22.2 Å². The summed E-state index contributed by atoms with van der Waals surface area (Å²) in [5.41, 5.74) is 0. The molecule has 20 heavy (non-hydrogen) atoms. The third-order valence-corrected chi connectivity index (χ3v) is 5.57. The van der Waals surface area contributed by atoms with Gasteiger partial charge in [-0.3, -0.25) is 9.59 Å². The van der Waals surface area contributed by atoms with Gasteiger partial charge in [-0.2, -0.15) is 0 Å². The molecule has 2 saturated carbocycles. The van der Waals surface area contributed by atoms with Crippen molar-refractivity contribution < 1.29 is 19.8 Å². The average molecular weight is 278 g/mol. The molecule has 110 valence electrons. The van der Waals surface area contributed by atoms with Crippen molar-refractivity contribution in [3.8, 4) is 0 Å². The molecule has 0 amide bonds. The van der Waals surface area contributed by atoms with Crippen LogP contribution >= 0.6 is 0 Å². The lowest BCUT2D eigenvalue weighted by Gasteiger charge is -2.01. The molecule has 4 heteroatoms. The van der Waals surface area contributed by atoms with Crippen molar-refractivity contribution in [1.82, 2.24) is 0 Å². The molecule has 0 aromatic heterocycles. The Labute approximate surface area is 118 Å².